The summed E-state index contributed by atoms with van der Waals surface area (Å²) in [4.78, 5) is 8.99. The van der Waals surface area contributed by atoms with Crippen LogP contribution < -0.4 is 9.80 Å². The van der Waals surface area contributed by atoms with Gasteiger partial charge in [-0.05, 0) is 19.1 Å². The number of pyridine rings is 1. The van der Waals surface area contributed by atoms with Crippen molar-refractivity contribution in [3.8, 4) is 0 Å². The number of fused-ring (bicyclic) bond motifs is 1. The molecule has 0 atom stereocenters. The van der Waals surface area contributed by atoms with Crippen molar-refractivity contribution in [3.05, 3.63) is 17.8 Å². The van der Waals surface area contributed by atoms with Crippen molar-refractivity contribution < 1.29 is 0 Å². The fourth-order valence-electron chi connectivity index (χ4n) is 1.64. The van der Waals surface area contributed by atoms with E-state index in [-0.39, 0.29) is 0 Å². The molecule has 0 unspecified atom stereocenters. The SMILES string of the molecule is Cc1ccc2c(n1)N(C)CCN2C. The van der Waals surface area contributed by atoms with E-state index >= 15 is 0 Å². The van der Waals surface area contributed by atoms with Crippen LogP contribution in [0.25, 0.3) is 0 Å². The number of hydrogen-bond donors (Lipinski definition) is 0. The molecule has 0 aromatic carbocycles. The predicted molar refractivity (Wildman–Crippen MR) is 55.5 cm³/mol. The average Bonchev–Trinajstić information content (AvgIpc) is 2.12. The zero-order chi connectivity index (χ0) is 9.42. The Bertz CT molecular complexity index is 322. The minimum Gasteiger partial charge on any atom is -0.370 e. The smallest absolute Gasteiger partial charge is 0.152 e. The van der Waals surface area contributed by atoms with Crippen molar-refractivity contribution in [3.63, 3.8) is 0 Å². The summed E-state index contributed by atoms with van der Waals surface area (Å²) in [5, 5.41) is 0. The lowest BCUT2D eigenvalue weighted by Crippen LogP contribution is -2.37. The van der Waals surface area contributed by atoms with Crippen LogP contribution in [0.3, 0.4) is 0 Å². The quantitative estimate of drug-likeness (QED) is 0.595. The second-order valence-electron chi connectivity index (χ2n) is 3.64. The van der Waals surface area contributed by atoms with E-state index in [1.165, 1.54) is 5.69 Å². The first-order valence-electron chi connectivity index (χ1n) is 4.58. The van der Waals surface area contributed by atoms with Crippen LogP contribution in [0.15, 0.2) is 12.1 Å². The molecule has 1 aromatic heterocycles. The normalized spacial score (nSPS) is 15.9. The van der Waals surface area contributed by atoms with E-state index in [9.17, 15) is 0 Å². The third kappa shape index (κ3) is 1.34. The maximum Gasteiger partial charge on any atom is 0.152 e. The van der Waals surface area contributed by atoms with Gasteiger partial charge in [-0.15, -0.1) is 0 Å². The van der Waals surface area contributed by atoms with Gasteiger partial charge in [0.2, 0.25) is 0 Å². The topological polar surface area (TPSA) is 19.4 Å². The molecule has 0 bridgehead atoms. The van der Waals surface area contributed by atoms with E-state index in [1.807, 2.05) is 6.92 Å². The molecule has 0 saturated heterocycles. The summed E-state index contributed by atoms with van der Waals surface area (Å²) < 4.78 is 0. The molecule has 0 saturated carbocycles. The molecule has 1 aliphatic heterocycles. The monoisotopic (exact) mass is 177 g/mol. The maximum absolute atomic E-state index is 4.53. The first kappa shape index (κ1) is 8.35. The summed E-state index contributed by atoms with van der Waals surface area (Å²) in [6.45, 7) is 4.16. The Morgan fingerprint density at radius 2 is 1.85 bits per heavy atom. The molecule has 0 aliphatic carbocycles. The molecular formula is C10H15N3. The van der Waals surface area contributed by atoms with Crippen molar-refractivity contribution in [1.29, 1.82) is 0 Å². The Hall–Kier alpha value is -1.25. The molecule has 1 aliphatic rings. The minimum atomic E-state index is 1.06. The van der Waals surface area contributed by atoms with Gasteiger partial charge in [0.1, 0.15) is 0 Å². The second-order valence-corrected chi connectivity index (χ2v) is 3.64. The van der Waals surface area contributed by atoms with Crippen LogP contribution in [-0.4, -0.2) is 32.2 Å². The Kier molecular flexibility index (Phi) is 1.87. The number of hydrogen-bond acceptors (Lipinski definition) is 3. The van der Waals surface area contributed by atoms with Crippen molar-refractivity contribution >= 4 is 11.5 Å². The molecular weight excluding hydrogens is 162 g/mol. The summed E-state index contributed by atoms with van der Waals surface area (Å²) in [7, 11) is 4.21. The number of nitrogens with zero attached hydrogens (tertiary/aromatic N) is 3. The molecule has 0 radical (unpaired) electrons. The van der Waals surface area contributed by atoms with Crippen LogP contribution in [0.5, 0.6) is 0 Å². The predicted octanol–water partition coefficient (Wildman–Crippen LogP) is 1.28. The number of rotatable bonds is 0. The van der Waals surface area contributed by atoms with Crippen molar-refractivity contribution in [2.75, 3.05) is 37.0 Å². The van der Waals surface area contributed by atoms with Gasteiger partial charge in [0.25, 0.3) is 0 Å². The number of likely N-dealkylation sites (N-methyl/N-ethyl adjacent to an activating group) is 2. The van der Waals surface area contributed by atoms with E-state index in [0.717, 1.165) is 24.6 Å². The largest absolute Gasteiger partial charge is 0.370 e. The van der Waals surface area contributed by atoms with Gasteiger partial charge in [-0.3, -0.25) is 0 Å². The zero-order valence-electron chi connectivity index (χ0n) is 8.41. The summed E-state index contributed by atoms with van der Waals surface area (Å²) in [5.41, 5.74) is 2.32. The lowest BCUT2D eigenvalue weighted by Gasteiger charge is -2.33. The highest BCUT2D eigenvalue weighted by molar-refractivity contribution is 5.68. The van der Waals surface area contributed by atoms with Crippen molar-refractivity contribution in [2.24, 2.45) is 0 Å². The summed E-state index contributed by atoms with van der Waals surface area (Å²) in [6, 6.07) is 4.21. The van der Waals surface area contributed by atoms with Gasteiger partial charge < -0.3 is 9.80 Å². The Morgan fingerprint density at radius 3 is 2.62 bits per heavy atom. The Morgan fingerprint density at radius 1 is 1.15 bits per heavy atom. The van der Waals surface area contributed by atoms with Gasteiger partial charge in [-0.1, -0.05) is 0 Å². The van der Waals surface area contributed by atoms with Gasteiger partial charge in [-0.25, -0.2) is 4.98 Å². The summed E-state index contributed by atoms with van der Waals surface area (Å²) in [6.07, 6.45) is 0. The summed E-state index contributed by atoms with van der Waals surface area (Å²) >= 11 is 0. The fourth-order valence-corrected chi connectivity index (χ4v) is 1.64. The second kappa shape index (κ2) is 2.91. The number of aromatic nitrogens is 1. The number of anilines is 2. The van der Waals surface area contributed by atoms with Crippen molar-refractivity contribution in [2.45, 2.75) is 6.92 Å². The van der Waals surface area contributed by atoms with E-state index in [2.05, 4.69) is 41.0 Å². The molecule has 2 heterocycles. The highest BCUT2D eigenvalue weighted by Crippen LogP contribution is 2.28. The molecule has 0 amide bonds. The third-order valence-electron chi connectivity index (χ3n) is 2.54. The molecule has 0 spiro atoms. The van der Waals surface area contributed by atoms with Crippen LogP contribution in [0.2, 0.25) is 0 Å². The average molecular weight is 177 g/mol. The lowest BCUT2D eigenvalue weighted by molar-refractivity contribution is 0.780. The van der Waals surface area contributed by atoms with Gasteiger partial charge in [0, 0.05) is 32.9 Å². The molecule has 3 heteroatoms. The van der Waals surface area contributed by atoms with Crippen molar-refractivity contribution in [1.82, 2.24) is 4.98 Å². The molecule has 2 rings (SSSR count). The minimum absolute atomic E-state index is 1.06. The van der Waals surface area contributed by atoms with Gasteiger partial charge in [0.15, 0.2) is 5.82 Å². The van der Waals surface area contributed by atoms with Crippen LogP contribution in [-0.2, 0) is 0 Å². The fraction of sp³-hybridized carbons (Fsp3) is 0.500. The molecule has 0 fully saturated rings. The van der Waals surface area contributed by atoms with Crippen LogP contribution in [0, 0.1) is 6.92 Å². The van der Waals surface area contributed by atoms with E-state index in [1.54, 1.807) is 0 Å². The first-order valence-corrected chi connectivity index (χ1v) is 4.58. The maximum atomic E-state index is 4.53. The van der Waals surface area contributed by atoms with E-state index in [0.29, 0.717) is 0 Å². The highest BCUT2D eigenvalue weighted by atomic mass is 15.3. The zero-order valence-corrected chi connectivity index (χ0v) is 8.41. The molecule has 1 aromatic rings. The first-order chi connectivity index (χ1) is 6.18. The molecule has 0 N–H and O–H groups in total. The van der Waals surface area contributed by atoms with Gasteiger partial charge in [0.05, 0.1) is 5.69 Å². The lowest BCUT2D eigenvalue weighted by atomic mass is 10.2. The summed E-state index contributed by atoms with van der Waals surface area (Å²) in [5.74, 6) is 1.11. The van der Waals surface area contributed by atoms with E-state index in [4.69, 9.17) is 0 Å². The van der Waals surface area contributed by atoms with Crippen LogP contribution >= 0.6 is 0 Å². The Balaban J connectivity index is 2.50. The highest BCUT2D eigenvalue weighted by Gasteiger charge is 2.18. The van der Waals surface area contributed by atoms with Gasteiger partial charge >= 0.3 is 0 Å². The van der Waals surface area contributed by atoms with Crippen LogP contribution in [0.4, 0.5) is 11.5 Å². The number of aryl methyl sites for hydroxylation is 1. The standard InChI is InChI=1S/C10H15N3/c1-8-4-5-9-10(11-8)13(3)7-6-12(9)2/h4-5H,6-7H2,1-3H3. The van der Waals surface area contributed by atoms with Crippen LogP contribution in [0.1, 0.15) is 5.69 Å². The van der Waals surface area contributed by atoms with Gasteiger partial charge in [-0.2, -0.15) is 0 Å². The molecule has 13 heavy (non-hydrogen) atoms. The molecule has 3 nitrogen and oxygen atoms in total. The molecule has 70 valence electrons. The third-order valence-corrected chi connectivity index (χ3v) is 2.54. The van der Waals surface area contributed by atoms with E-state index < -0.39 is 0 Å². The Labute approximate surface area is 79.0 Å².